The molecule has 0 bridgehead atoms. The van der Waals surface area contributed by atoms with Gasteiger partial charge in [-0.25, -0.2) is 0 Å². The number of amides is 1. The lowest BCUT2D eigenvalue weighted by molar-refractivity contribution is -0.115. The number of hydrogen-bond donors (Lipinski definition) is 1. The lowest BCUT2D eigenvalue weighted by atomic mass is 10.1. The van der Waals surface area contributed by atoms with Crippen LogP contribution in [0.3, 0.4) is 0 Å². The smallest absolute Gasteiger partial charge is 0.387 e. The molecular weight excluding hydrogens is 398 g/mol. The second-order valence-corrected chi connectivity index (χ2v) is 7.55. The van der Waals surface area contributed by atoms with E-state index >= 15 is 0 Å². The van der Waals surface area contributed by atoms with Crippen LogP contribution in [-0.2, 0) is 18.3 Å². The SMILES string of the molecule is C[C@H](Sc1nnc(Cc2ccccc2)n1C)C(=O)Nc1ccccc1OC(F)F. The highest BCUT2D eigenvalue weighted by Gasteiger charge is 2.20. The van der Waals surface area contributed by atoms with E-state index in [9.17, 15) is 13.6 Å². The second kappa shape index (κ2) is 9.51. The summed E-state index contributed by atoms with van der Waals surface area (Å²) in [7, 11) is 1.84. The molecule has 0 radical (unpaired) electrons. The van der Waals surface area contributed by atoms with Crippen molar-refractivity contribution < 1.29 is 18.3 Å². The van der Waals surface area contributed by atoms with Gasteiger partial charge in [0.15, 0.2) is 5.16 Å². The van der Waals surface area contributed by atoms with Crippen LogP contribution >= 0.6 is 11.8 Å². The average molecular weight is 418 g/mol. The Morgan fingerprint density at radius 1 is 1.14 bits per heavy atom. The molecule has 0 aliphatic heterocycles. The minimum atomic E-state index is -2.97. The maximum absolute atomic E-state index is 12.5. The predicted octanol–water partition coefficient (Wildman–Crippen LogP) is 4.13. The van der Waals surface area contributed by atoms with E-state index in [1.54, 1.807) is 19.1 Å². The number of nitrogens with zero attached hydrogens (tertiary/aromatic N) is 3. The molecule has 0 aliphatic rings. The third-order valence-corrected chi connectivity index (χ3v) is 5.28. The number of alkyl halides is 2. The van der Waals surface area contributed by atoms with Crippen LogP contribution in [0, 0.1) is 0 Å². The summed E-state index contributed by atoms with van der Waals surface area (Å²) in [6, 6.07) is 16.0. The summed E-state index contributed by atoms with van der Waals surface area (Å²) in [5, 5.41) is 11.1. The maximum Gasteiger partial charge on any atom is 0.387 e. The van der Waals surface area contributed by atoms with Crippen molar-refractivity contribution in [3.05, 3.63) is 66.0 Å². The largest absolute Gasteiger partial charge is 0.433 e. The summed E-state index contributed by atoms with van der Waals surface area (Å²) in [6.45, 7) is -1.26. The number of carbonyl (C=O) groups excluding carboxylic acids is 1. The number of aromatic nitrogens is 3. The fraction of sp³-hybridized carbons (Fsp3) is 0.250. The molecule has 6 nitrogen and oxygen atoms in total. The Balaban J connectivity index is 1.65. The summed E-state index contributed by atoms with van der Waals surface area (Å²) in [6.07, 6.45) is 0.629. The second-order valence-electron chi connectivity index (χ2n) is 6.24. The molecule has 2 aromatic carbocycles. The van der Waals surface area contributed by atoms with Crippen molar-refractivity contribution in [1.29, 1.82) is 0 Å². The topological polar surface area (TPSA) is 69.0 Å². The predicted molar refractivity (Wildman–Crippen MR) is 107 cm³/mol. The quantitative estimate of drug-likeness (QED) is 0.557. The molecule has 9 heteroatoms. The molecule has 0 aliphatic carbocycles. The van der Waals surface area contributed by atoms with Gasteiger partial charge in [0.25, 0.3) is 0 Å². The van der Waals surface area contributed by atoms with Crippen LogP contribution in [0.1, 0.15) is 18.3 Å². The molecular formula is C20H20F2N4O2S. The molecule has 0 spiro atoms. The van der Waals surface area contributed by atoms with Gasteiger partial charge in [-0.15, -0.1) is 10.2 Å². The van der Waals surface area contributed by atoms with Crippen LogP contribution in [0.15, 0.2) is 59.8 Å². The fourth-order valence-electron chi connectivity index (χ4n) is 2.59. The highest BCUT2D eigenvalue weighted by atomic mass is 32.2. The normalized spacial score (nSPS) is 12.0. The number of rotatable bonds is 8. The Morgan fingerprint density at radius 3 is 2.55 bits per heavy atom. The monoisotopic (exact) mass is 418 g/mol. The van der Waals surface area contributed by atoms with Crippen LogP contribution in [0.5, 0.6) is 5.75 Å². The first-order chi connectivity index (χ1) is 13.9. The highest BCUT2D eigenvalue weighted by molar-refractivity contribution is 8.00. The number of ether oxygens (including phenoxy) is 1. The lowest BCUT2D eigenvalue weighted by Crippen LogP contribution is -2.23. The lowest BCUT2D eigenvalue weighted by Gasteiger charge is -2.14. The molecule has 0 fully saturated rings. The summed E-state index contributed by atoms with van der Waals surface area (Å²) in [5.41, 5.74) is 1.30. The van der Waals surface area contributed by atoms with Gasteiger partial charge in [-0.3, -0.25) is 4.79 Å². The number of thioether (sulfide) groups is 1. The number of hydrogen-bond acceptors (Lipinski definition) is 5. The molecule has 1 aromatic heterocycles. The van der Waals surface area contributed by atoms with Gasteiger partial charge in [0.2, 0.25) is 5.91 Å². The van der Waals surface area contributed by atoms with Crippen molar-refractivity contribution in [3.63, 3.8) is 0 Å². The van der Waals surface area contributed by atoms with Crippen LogP contribution in [0.25, 0.3) is 0 Å². The Bertz CT molecular complexity index is 966. The molecule has 1 N–H and O–H groups in total. The zero-order valence-corrected chi connectivity index (χ0v) is 16.7. The number of para-hydroxylation sites is 2. The van der Waals surface area contributed by atoms with E-state index in [2.05, 4.69) is 20.3 Å². The Morgan fingerprint density at radius 2 is 1.83 bits per heavy atom. The van der Waals surface area contributed by atoms with E-state index in [0.29, 0.717) is 11.6 Å². The zero-order valence-electron chi connectivity index (χ0n) is 15.9. The summed E-state index contributed by atoms with van der Waals surface area (Å²) < 4.78 is 31.3. The van der Waals surface area contributed by atoms with Crippen LogP contribution in [0.4, 0.5) is 14.5 Å². The molecule has 29 heavy (non-hydrogen) atoms. The van der Waals surface area contributed by atoms with E-state index in [1.807, 2.05) is 41.9 Å². The van der Waals surface area contributed by atoms with Gasteiger partial charge in [-0.05, 0) is 24.6 Å². The first-order valence-electron chi connectivity index (χ1n) is 8.87. The van der Waals surface area contributed by atoms with E-state index in [-0.39, 0.29) is 17.3 Å². The fourth-order valence-corrected chi connectivity index (χ4v) is 3.43. The van der Waals surface area contributed by atoms with Crippen LogP contribution in [0.2, 0.25) is 0 Å². The highest BCUT2D eigenvalue weighted by Crippen LogP contribution is 2.28. The number of halogens is 2. The molecule has 0 unspecified atom stereocenters. The van der Waals surface area contributed by atoms with Crippen LogP contribution in [-0.4, -0.2) is 32.5 Å². The Kier molecular flexibility index (Phi) is 6.82. The summed E-state index contributed by atoms with van der Waals surface area (Å²) in [5.74, 6) is 0.340. The molecule has 1 amide bonds. The molecule has 3 aromatic rings. The van der Waals surface area contributed by atoms with E-state index in [1.165, 1.54) is 23.9 Å². The standard InChI is InChI=1S/C20H20F2N4O2S/c1-13(18(27)23-15-10-6-7-11-16(15)28-19(21)22)29-20-25-24-17(26(20)2)12-14-8-4-3-5-9-14/h3-11,13,19H,12H2,1-2H3,(H,23,27)/t13-/m0/s1. The average Bonchev–Trinajstić information content (AvgIpc) is 3.03. The Hall–Kier alpha value is -2.94. The summed E-state index contributed by atoms with van der Waals surface area (Å²) >= 11 is 1.24. The van der Waals surface area contributed by atoms with Gasteiger partial charge in [-0.2, -0.15) is 8.78 Å². The minimum Gasteiger partial charge on any atom is -0.433 e. The number of carbonyl (C=O) groups is 1. The zero-order chi connectivity index (χ0) is 20.8. The molecule has 152 valence electrons. The third kappa shape index (κ3) is 5.54. The number of nitrogens with one attached hydrogen (secondary N) is 1. The van der Waals surface area contributed by atoms with Crippen molar-refractivity contribution in [3.8, 4) is 5.75 Å². The maximum atomic E-state index is 12.5. The van der Waals surface area contributed by atoms with Gasteiger partial charge in [-0.1, -0.05) is 54.2 Å². The number of benzene rings is 2. The molecule has 1 heterocycles. The first-order valence-corrected chi connectivity index (χ1v) is 9.75. The summed E-state index contributed by atoms with van der Waals surface area (Å²) in [4.78, 5) is 12.5. The third-order valence-electron chi connectivity index (χ3n) is 4.14. The van der Waals surface area contributed by atoms with Crippen molar-refractivity contribution >= 4 is 23.4 Å². The van der Waals surface area contributed by atoms with Crippen molar-refractivity contribution in [2.24, 2.45) is 7.05 Å². The van der Waals surface area contributed by atoms with Gasteiger partial charge in [0.05, 0.1) is 10.9 Å². The minimum absolute atomic E-state index is 0.0862. The van der Waals surface area contributed by atoms with Crippen LogP contribution < -0.4 is 10.1 Å². The van der Waals surface area contributed by atoms with Crippen molar-refractivity contribution in [1.82, 2.24) is 14.8 Å². The van der Waals surface area contributed by atoms with E-state index in [0.717, 1.165) is 11.4 Å². The van der Waals surface area contributed by atoms with Gasteiger partial charge in [0, 0.05) is 13.5 Å². The van der Waals surface area contributed by atoms with Gasteiger partial charge >= 0.3 is 6.61 Å². The molecule has 0 saturated heterocycles. The molecule has 0 saturated carbocycles. The molecule has 3 rings (SSSR count). The van der Waals surface area contributed by atoms with Crippen molar-refractivity contribution in [2.75, 3.05) is 5.32 Å². The van der Waals surface area contributed by atoms with E-state index < -0.39 is 11.9 Å². The first kappa shape index (κ1) is 20.8. The van der Waals surface area contributed by atoms with Gasteiger partial charge in [0.1, 0.15) is 11.6 Å². The Labute approximate surface area is 171 Å². The number of anilines is 1. The van der Waals surface area contributed by atoms with Crippen molar-refractivity contribution in [2.45, 2.75) is 30.4 Å². The van der Waals surface area contributed by atoms with E-state index in [4.69, 9.17) is 0 Å². The van der Waals surface area contributed by atoms with Gasteiger partial charge < -0.3 is 14.6 Å². The molecule has 1 atom stereocenters.